The molecule has 0 fully saturated rings. The van der Waals surface area contributed by atoms with Crippen LogP contribution in [0.5, 0.6) is 5.75 Å². The van der Waals surface area contributed by atoms with Gasteiger partial charge in [-0.1, -0.05) is 36.4 Å². The summed E-state index contributed by atoms with van der Waals surface area (Å²) in [5.41, 5.74) is 2.17. The molecule has 0 spiro atoms. The Hall–Kier alpha value is -2.94. The number of aliphatic hydroxyl groups excluding tert-OH is 2. The lowest BCUT2D eigenvalue weighted by molar-refractivity contribution is -0.122. The molecule has 0 aliphatic carbocycles. The number of aliphatic hydroxyl groups is 2. The van der Waals surface area contributed by atoms with Crippen molar-refractivity contribution in [3.8, 4) is 5.75 Å². The van der Waals surface area contributed by atoms with Crippen LogP contribution in [0.2, 0.25) is 0 Å². The summed E-state index contributed by atoms with van der Waals surface area (Å²) < 4.78 is 6.06. The zero-order valence-electron chi connectivity index (χ0n) is 18.8. The molecule has 0 saturated carbocycles. The Kier molecular flexibility index (Phi) is 9.68. The molecule has 0 radical (unpaired) electrons. The summed E-state index contributed by atoms with van der Waals surface area (Å²) >= 11 is 0. The quantitative estimate of drug-likeness (QED) is 0.525. The van der Waals surface area contributed by atoms with Crippen molar-refractivity contribution in [3.05, 3.63) is 65.2 Å². The van der Waals surface area contributed by atoms with Gasteiger partial charge in [0.25, 0.3) is 5.91 Å². The van der Waals surface area contributed by atoms with Crippen molar-refractivity contribution in [3.63, 3.8) is 0 Å². The minimum atomic E-state index is -1.03. The van der Waals surface area contributed by atoms with Crippen molar-refractivity contribution in [1.29, 1.82) is 0 Å². The van der Waals surface area contributed by atoms with Crippen LogP contribution in [0.4, 0.5) is 0 Å². The number of carbonyl (C=O) groups excluding carboxylic acids is 2. The average Bonchev–Trinajstić information content (AvgIpc) is 2.84. The van der Waals surface area contributed by atoms with E-state index in [4.69, 9.17) is 9.84 Å². The molecule has 33 heavy (non-hydrogen) atoms. The van der Waals surface area contributed by atoms with Crippen molar-refractivity contribution < 1.29 is 24.5 Å². The Bertz CT molecular complexity index is 906. The van der Waals surface area contributed by atoms with Crippen LogP contribution in [0.3, 0.4) is 0 Å². The standard InChI is InChI=1S/C25H33N3O5/c29-18-20(30)14-27-25(32)21-10-7-11-23-22(21)16-28(15-19-8-3-1-4-9-19)17-24(31)26-12-5-2-6-13-33-23/h1,3-4,7-11,20,29-30H,2,5-6,12-18H2,(H,26,31)(H,27,32). The highest BCUT2D eigenvalue weighted by atomic mass is 16.5. The van der Waals surface area contributed by atoms with E-state index >= 15 is 0 Å². The number of nitrogens with one attached hydrogen (secondary N) is 2. The molecular formula is C25H33N3O5. The number of benzene rings is 2. The van der Waals surface area contributed by atoms with Crippen LogP contribution in [0.25, 0.3) is 0 Å². The van der Waals surface area contributed by atoms with E-state index in [9.17, 15) is 14.7 Å². The summed E-state index contributed by atoms with van der Waals surface area (Å²) in [6.07, 6.45) is 1.64. The van der Waals surface area contributed by atoms with E-state index in [1.54, 1.807) is 12.1 Å². The third-order valence-electron chi connectivity index (χ3n) is 5.49. The summed E-state index contributed by atoms with van der Waals surface area (Å²) in [4.78, 5) is 27.5. The van der Waals surface area contributed by atoms with Crippen molar-refractivity contribution >= 4 is 11.8 Å². The van der Waals surface area contributed by atoms with E-state index in [2.05, 4.69) is 10.6 Å². The SMILES string of the molecule is O=C1CN(Cc2ccccc2)Cc2c(cccc2C(=O)NCC(O)CO)OCCCCCN1. The first-order valence-corrected chi connectivity index (χ1v) is 11.4. The van der Waals surface area contributed by atoms with E-state index in [1.807, 2.05) is 41.3 Å². The maximum absolute atomic E-state index is 12.9. The number of nitrogens with zero attached hydrogens (tertiary/aromatic N) is 1. The van der Waals surface area contributed by atoms with E-state index in [0.717, 1.165) is 24.8 Å². The third kappa shape index (κ3) is 7.85. The van der Waals surface area contributed by atoms with Crippen LogP contribution in [0.1, 0.15) is 40.7 Å². The van der Waals surface area contributed by atoms with Gasteiger partial charge in [-0.2, -0.15) is 0 Å². The predicted octanol–water partition coefficient (Wildman–Crippen LogP) is 1.45. The van der Waals surface area contributed by atoms with Crippen molar-refractivity contribution in [1.82, 2.24) is 15.5 Å². The number of rotatable bonds is 6. The van der Waals surface area contributed by atoms with Crippen molar-refractivity contribution in [2.75, 3.05) is 32.8 Å². The summed E-state index contributed by atoms with van der Waals surface area (Å²) in [6, 6.07) is 15.2. The van der Waals surface area contributed by atoms with Gasteiger partial charge in [0, 0.05) is 37.3 Å². The molecule has 8 heteroatoms. The lowest BCUT2D eigenvalue weighted by Gasteiger charge is -2.25. The maximum atomic E-state index is 12.9. The second-order valence-corrected chi connectivity index (χ2v) is 8.22. The van der Waals surface area contributed by atoms with E-state index in [-0.39, 0.29) is 24.9 Å². The summed E-state index contributed by atoms with van der Waals surface area (Å²) in [5, 5.41) is 24.3. The summed E-state index contributed by atoms with van der Waals surface area (Å²) in [5.74, 6) is 0.195. The number of ether oxygens (including phenoxy) is 1. The highest BCUT2D eigenvalue weighted by molar-refractivity contribution is 5.96. The van der Waals surface area contributed by atoms with Gasteiger partial charge < -0.3 is 25.6 Å². The smallest absolute Gasteiger partial charge is 0.251 e. The van der Waals surface area contributed by atoms with Crippen LogP contribution < -0.4 is 15.4 Å². The van der Waals surface area contributed by atoms with Gasteiger partial charge in [0.15, 0.2) is 0 Å². The van der Waals surface area contributed by atoms with Gasteiger partial charge in [0.05, 0.1) is 25.9 Å². The van der Waals surface area contributed by atoms with Crippen molar-refractivity contribution in [2.45, 2.75) is 38.5 Å². The third-order valence-corrected chi connectivity index (χ3v) is 5.49. The van der Waals surface area contributed by atoms with Gasteiger partial charge in [-0.05, 0) is 37.0 Å². The molecule has 1 unspecified atom stereocenters. The van der Waals surface area contributed by atoms with Gasteiger partial charge in [0.1, 0.15) is 5.75 Å². The van der Waals surface area contributed by atoms with Crippen LogP contribution in [-0.2, 0) is 17.9 Å². The topological polar surface area (TPSA) is 111 Å². The molecule has 2 aromatic carbocycles. The normalized spacial score (nSPS) is 16.7. The largest absolute Gasteiger partial charge is 0.493 e. The summed E-state index contributed by atoms with van der Waals surface area (Å²) in [6.45, 7) is 1.72. The molecule has 0 saturated heterocycles. The van der Waals surface area contributed by atoms with Gasteiger partial charge in [-0.15, -0.1) is 0 Å². The number of fused-ring (bicyclic) bond motifs is 1. The molecule has 3 rings (SSSR count). The number of hydrogen-bond acceptors (Lipinski definition) is 6. The molecular weight excluding hydrogens is 422 g/mol. The Morgan fingerprint density at radius 2 is 1.91 bits per heavy atom. The van der Waals surface area contributed by atoms with E-state index in [1.165, 1.54) is 0 Å². The molecule has 4 N–H and O–H groups in total. The van der Waals surface area contributed by atoms with Gasteiger partial charge >= 0.3 is 0 Å². The fourth-order valence-electron chi connectivity index (χ4n) is 3.75. The minimum Gasteiger partial charge on any atom is -0.493 e. The zero-order chi connectivity index (χ0) is 23.5. The highest BCUT2D eigenvalue weighted by Gasteiger charge is 2.21. The van der Waals surface area contributed by atoms with Crippen LogP contribution in [0.15, 0.2) is 48.5 Å². The first-order valence-electron chi connectivity index (χ1n) is 11.4. The molecule has 2 amide bonds. The lowest BCUT2D eigenvalue weighted by atomic mass is 10.0. The molecule has 0 aromatic heterocycles. The Morgan fingerprint density at radius 1 is 1.09 bits per heavy atom. The monoisotopic (exact) mass is 455 g/mol. The zero-order valence-corrected chi connectivity index (χ0v) is 18.8. The number of carbonyl (C=O) groups is 2. The maximum Gasteiger partial charge on any atom is 0.251 e. The molecule has 1 aliphatic heterocycles. The Balaban J connectivity index is 1.91. The second kappa shape index (κ2) is 12.9. The molecule has 178 valence electrons. The number of hydrogen-bond donors (Lipinski definition) is 4. The van der Waals surface area contributed by atoms with Gasteiger partial charge in [-0.25, -0.2) is 0 Å². The molecule has 2 aromatic rings. The molecule has 1 aliphatic rings. The van der Waals surface area contributed by atoms with E-state index < -0.39 is 12.7 Å². The van der Waals surface area contributed by atoms with Gasteiger partial charge in [-0.3, -0.25) is 14.5 Å². The second-order valence-electron chi connectivity index (χ2n) is 8.22. The predicted molar refractivity (Wildman–Crippen MR) is 125 cm³/mol. The molecule has 1 heterocycles. The van der Waals surface area contributed by atoms with Crippen LogP contribution >= 0.6 is 0 Å². The average molecular weight is 456 g/mol. The lowest BCUT2D eigenvalue weighted by Crippen LogP contribution is -2.38. The Labute approximate surface area is 194 Å². The summed E-state index contributed by atoms with van der Waals surface area (Å²) in [7, 11) is 0. The highest BCUT2D eigenvalue weighted by Crippen LogP contribution is 2.26. The fraction of sp³-hybridized carbons (Fsp3) is 0.440. The fourth-order valence-corrected chi connectivity index (χ4v) is 3.75. The van der Waals surface area contributed by atoms with E-state index in [0.29, 0.717) is 43.1 Å². The van der Waals surface area contributed by atoms with Crippen LogP contribution in [0, 0.1) is 0 Å². The van der Waals surface area contributed by atoms with Gasteiger partial charge in [0.2, 0.25) is 5.91 Å². The van der Waals surface area contributed by atoms with Crippen molar-refractivity contribution in [2.24, 2.45) is 0 Å². The first kappa shape index (κ1) is 24.7. The molecule has 0 bridgehead atoms. The molecule has 8 nitrogen and oxygen atoms in total. The van der Waals surface area contributed by atoms with Crippen LogP contribution in [-0.4, -0.2) is 65.9 Å². The Morgan fingerprint density at radius 3 is 2.70 bits per heavy atom. The molecule has 1 atom stereocenters. The first-order chi connectivity index (χ1) is 16.1. The number of amides is 2. The minimum absolute atomic E-state index is 0.0550.